The first-order valence-corrected chi connectivity index (χ1v) is 8.46. The number of carbonyl (C=O) groups excluding carboxylic acids is 1. The summed E-state index contributed by atoms with van der Waals surface area (Å²) in [5, 5.41) is 2.14. The van der Waals surface area contributed by atoms with Gasteiger partial charge in [0.1, 0.15) is 11.5 Å². The zero-order valence-electron chi connectivity index (χ0n) is 13.3. The average Bonchev–Trinajstić information content (AvgIpc) is 2.60. The zero-order chi connectivity index (χ0) is 16.9. The number of methoxy groups -OCH3 is 1. The lowest BCUT2D eigenvalue weighted by Gasteiger charge is -2.07. The topological polar surface area (TPSA) is 35.5 Å². The van der Waals surface area contributed by atoms with E-state index in [1.54, 1.807) is 7.11 Å². The molecule has 3 aromatic carbocycles. The summed E-state index contributed by atoms with van der Waals surface area (Å²) in [5.74, 6) is 1.15. The predicted octanol–water partition coefficient (Wildman–Crippen LogP) is 5.15. The Kier molecular flexibility index (Phi) is 5.16. The summed E-state index contributed by atoms with van der Waals surface area (Å²) in [6.07, 6.45) is 0.980. The Hall–Kier alpha value is -2.33. The second kappa shape index (κ2) is 7.49. The van der Waals surface area contributed by atoms with Crippen molar-refractivity contribution < 1.29 is 14.3 Å². The first-order chi connectivity index (χ1) is 11.6. The van der Waals surface area contributed by atoms with Crippen molar-refractivity contribution in [1.82, 2.24) is 0 Å². The molecule has 4 heteroatoms. The Balaban J connectivity index is 1.60. The van der Waals surface area contributed by atoms with Gasteiger partial charge in [-0.05, 0) is 59.2 Å². The summed E-state index contributed by atoms with van der Waals surface area (Å²) in [6.45, 7) is 0. The normalized spacial score (nSPS) is 10.6. The number of rotatable bonds is 5. The van der Waals surface area contributed by atoms with Gasteiger partial charge < -0.3 is 9.47 Å². The van der Waals surface area contributed by atoms with Crippen molar-refractivity contribution >= 4 is 32.7 Å². The van der Waals surface area contributed by atoms with Gasteiger partial charge in [0, 0.05) is 10.9 Å². The lowest BCUT2D eigenvalue weighted by Crippen LogP contribution is -2.09. The lowest BCUT2D eigenvalue weighted by molar-refractivity contribution is -0.134. The molecule has 0 N–H and O–H groups in total. The van der Waals surface area contributed by atoms with Crippen molar-refractivity contribution in [3.8, 4) is 11.5 Å². The number of hydrogen-bond donors (Lipinski definition) is 0. The summed E-state index contributed by atoms with van der Waals surface area (Å²) >= 11 is 3.45. The quantitative estimate of drug-likeness (QED) is 0.450. The second-order valence-corrected chi connectivity index (χ2v) is 6.39. The van der Waals surface area contributed by atoms with Gasteiger partial charge in [-0.3, -0.25) is 4.79 Å². The van der Waals surface area contributed by atoms with Gasteiger partial charge in [-0.25, -0.2) is 0 Å². The van der Waals surface area contributed by atoms with Crippen molar-refractivity contribution in [2.75, 3.05) is 7.11 Å². The molecule has 0 saturated carbocycles. The largest absolute Gasteiger partial charge is 0.497 e. The molecule has 0 amide bonds. The van der Waals surface area contributed by atoms with Crippen LogP contribution in [-0.4, -0.2) is 13.1 Å². The Morgan fingerprint density at radius 1 is 0.917 bits per heavy atom. The van der Waals surface area contributed by atoms with E-state index in [1.807, 2.05) is 60.7 Å². The average molecular weight is 385 g/mol. The molecule has 0 saturated heterocycles. The molecule has 0 aliphatic rings. The Morgan fingerprint density at radius 3 is 2.33 bits per heavy atom. The highest BCUT2D eigenvalue weighted by molar-refractivity contribution is 9.10. The molecule has 0 spiro atoms. The molecule has 0 radical (unpaired) electrons. The fraction of sp³-hybridized carbons (Fsp3) is 0.150. The van der Waals surface area contributed by atoms with Crippen LogP contribution in [0.5, 0.6) is 11.5 Å². The smallest absolute Gasteiger partial charge is 0.311 e. The number of benzene rings is 3. The van der Waals surface area contributed by atoms with E-state index in [4.69, 9.17) is 9.47 Å². The number of fused-ring (bicyclic) bond motifs is 1. The van der Waals surface area contributed by atoms with Gasteiger partial charge in [-0.1, -0.05) is 40.2 Å². The molecule has 3 aromatic rings. The number of ether oxygens (including phenoxy) is 2. The third kappa shape index (κ3) is 4.15. The molecule has 3 rings (SSSR count). The molecule has 3 nitrogen and oxygen atoms in total. The maximum absolute atomic E-state index is 12.0. The first kappa shape index (κ1) is 16.5. The van der Waals surface area contributed by atoms with E-state index in [1.165, 1.54) is 0 Å². The summed E-state index contributed by atoms with van der Waals surface area (Å²) in [5.41, 5.74) is 1.08. The number of aryl methyl sites for hydroxylation is 1. The van der Waals surface area contributed by atoms with E-state index in [0.29, 0.717) is 18.6 Å². The van der Waals surface area contributed by atoms with Crippen LogP contribution in [0.1, 0.15) is 12.0 Å². The van der Waals surface area contributed by atoms with Gasteiger partial charge in [0.05, 0.1) is 7.11 Å². The molecule has 0 aliphatic carbocycles. The third-order valence-corrected chi connectivity index (χ3v) is 4.28. The molecule has 122 valence electrons. The van der Waals surface area contributed by atoms with Crippen molar-refractivity contribution in [3.63, 3.8) is 0 Å². The van der Waals surface area contributed by atoms with Gasteiger partial charge in [0.2, 0.25) is 0 Å². The molecule has 0 unspecified atom stereocenters. The van der Waals surface area contributed by atoms with E-state index in [9.17, 15) is 4.79 Å². The highest BCUT2D eigenvalue weighted by Crippen LogP contribution is 2.24. The van der Waals surface area contributed by atoms with Crippen LogP contribution >= 0.6 is 15.9 Å². The molecule has 0 atom stereocenters. The summed E-state index contributed by atoms with van der Waals surface area (Å²) in [4.78, 5) is 12.0. The molecule has 0 heterocycles. The SMILES string of the molecule is COc1ccc(CCC(=O)Oc2ccc3cc(Br)ccc3c2)cc1. The minimum absolute atomic E-state index is 0.234. The number of carbonyl (C=O) groups is 1. The van der Waals surface area contributed by atoms with Crippen LogP contribution in [0.4, 0.5) is 0 Å². The number of esters is 1. The van der Waals surface area contributed by atoms with E-state index in [-0.39, 0.29) is 5.97 Å². The van der Waals surface area contributed by atoms with Crippen LogP contribution in [0.15, 0.2) is 65.1 Å². The van der Waals surface area contributed by atoms with Crippen LogP contribution in [0, 0.1) is 0 Å². The third-order valence-electron chi connectivity index (χ3n) is 3.78. The molecule has 0 bridgehead atoms. The fourth-order valence-corrected chi connectivity index (χ4v) is 2.86. The van der Waals surface area contributed by atoms with Crippen molar-refractivity contribution in [2.45, 2.75) is 12.8 Å². The maximum atomic E-state index is 12.0. The predicted molar refractivity (Wildman–Crippen MR) is 98.6 cm³/mol. The summed E-state index contributed by atoms with van der Waals surface area (Å²) in [6, 6.07) is 19.3. The van der Waals surface area contributed by atoms with Crippen LogP contribution < -0.4 is 9.47 Å². The maximum Gasteiger partial charge on any atom is 0.311 e. The minimum Gasteiger partial charge on any atom is -0.497 e. The van der Waals surface area contributed by atoms with E-state index in [0.717, 1.165) is 26.6 Å². The standard InChI is InChI=1S/C20H17BrO3/c1-23-18-8-2-14(3-9-18)4-11-20(22)24-19-10-6-15-12-17(21)7-5-16(15)13-19/h2-3,5-10,12-13H,4,11H2,1H3. The summed E-state index contributed by atoms with van der Waals surface area (Å²) in [7, 11) is 1.63. The van der Waals surface area contributed by atoms with Crippen LogP contribution in [0.2, 0.25) is 0 Å². The van der Waals surface area contributed by atoms with E-state index >= 15 is 0 Å². The molecule has 24 heavy (non-hydrogen) atoms. The highest BCUT2D eigenvalue weighted by Gasteiger charge is 2.07. The fourth-order valence-electron chi connectivity index (χ4n) is 2.48. The van der Waals surface area contributed by atoms with Gasteiger partial charge in [-0.15, -0.1) is 0 Å². The van der Waals surface area contributed by atoms with Crippen LogP contribution in [0.3, 0.4) is 0 Å². The Bertz CT molecular complexity index is 856. The summed E-state index contributed by atoms with van der Waals surface area (Å²) < 4.78 is 11.6. The minimum atomic E-state index is -0.234. The molecular formula is C20H17BrO3. The Morgan fingerprint density at radius 2 is 1.58 bits per heavy atom. The highest BCUT2D eigenvalue weighted by atomic mass is 79.9. The van der Waals surface area contributed by atoms with Crippen LogP contribution in [-0.2, 0) is 11.2 Å². The van der Waals surface area contributed by atoms with Crippen molar-refractivity contribution in [3.05, 3.63) is 70.7 Å². The first-order valence-electron chi connectivity index (χ1n) is 7.67. The van der Waals surface area contributed by atoms with Crippen molar-refractivity contribution in [2.24, 2.45) is 0 Å². The van der Waals surface area contributed by atoms with Gasteiger partial charge >= 0.3 is 5.97 Å². The van der Waals surface area contributed by atoms with Crippen molar-refractivity contribution in [1.29, 1.82) is 0 Å². The molecule has 0 aromatic heterocycles. The molecule has 0 aliphatic heterocycles. The van der Waals surface area contributed by atoms with Gasteiger partial charge in [0.15, 0.2) is 0 Å². The zero-order valence-corrected chi connectivity index (χ0v) is 14.9. The lowest BCUT2D eigenvalue weighted by atomic mass is 10.1. The number of hydrogen-bond acceptors (Lipinski definition) is 3. The number of halogens is 1. The monoisotopic (exact) mass is 384 g/mol. The molecule has 0 fully saturated rings. The second-order valence-electron chi connectivity index (χ2n) is 5.48. The van der Waals surface area contributed by atoms with Gasteiger partial charge in [-0.2, -0.15) is 0 Å². The van der Waals surface area contributed by atoms with Crippen LogP contribution in [0.25, 0.3) is 10.8 Å². The van der Waals surface area contributed by atoms with Gasteiger partial charge in [0.25, 0.3) is 0 Å². The Labute approximate surface area is 149 Å². The van der Waals surface area contributed by atoms with E-state index < -0.39 is 0 Å². The molecular weight excluding hydrogens is 368 g/mol. The van der Waals surface area contributed by atoms with E-state index in [2.05, 4.69) is 15.9 Å².